The molecule has 0 saturated carbocycles. The fourth-order valence-corrected chi connectivity index (χ4v) is 2.38. The van der Waals surface area contributed by atoms with Crippen LogP contribution in [0, 0.1) is 0 Å². The lowest BCUT2D eigenvalue weighted by Gasteiger charge is -2.01. The predicted octanol–water partition coefficient (Wildman–Crippen LogP) is 2.07. The van der Waals surface area contributed by atoms with Crippen LogP contribution in [-0.4, -0.2) is 16.6 Å². The lowest BCUT2D eigenvalue weighted by Crippen LogP contribution is -2.07. The number of fused-ring (bicyclic) bond motifs is 1. The molecule has 0 bridgehead atoms. The van der Waals surface area contributed by atoms with Crippen LogP contribution in [0.4, 0.5) is 0 Å². The van der Waals surface area contributed by atoms with E-state index in [1.165, 1.54) is 0 Å². The van der Waals surface area contributed by atoms with Gasteiger partial charge >= 0.3 is 0 Å². The summed E-state index contributed by atoms with van der Waals surface area (Å²) in [7, 11) is 1.84. The largest absolute Gasteiger partial charge is 0.340 e. The first-order valence-electron chi connectivity index (χ1n) is 4.66. The van der Waals surface area contributed by atoms with E-state index >= 15 is 0 Å². The minimum Gasteiger partial charge on any atom is -0.340 e. The lowest BCUT2D eigenvalue weighted by atomic mass is 10.2. The topological polar surface area (TPSA) is 60.4 Å². The number of para-hydroxylation sites is 1. The number of halogens is 1. The monoisotopic (exact) mass is 279 g/mol. The number of ketones is 1. The van der Waals surface area contributed by atoms with E-state index in [2.05, 4.69) is 21.0 Å². The van der Waals surface area contributed by atoms with Crippen molar-refractivity contribution in [3.63, 3.8) is 0 Å². The van der Waals surface area contributed by atoms with Crippen LogP contribution in [-0.2, 0) is 7.05 Å². The molecule has 4 nitrogen and oxygen atoms in total. The van der Waals surface area contributed by atoms with E-state index in [0.29, 0.717) is 5.69 Å². The minimum atomic E-state index is -0.201. The number of carbonyl (C=O) groups excluding carboxylic acids is 1. The third-order valence-electron chi connectivity index (χ3n) is 2.45. The molecule has 0 fully saturated rings. The van der Waals surface area contributed by atoms with Crippen molar-refractivity contribution < 1.29 is 4.79 Å². The van der Waals surface area contributed by atoms with Crippen LogP contribution in [0.2, 0.25) is 0 Å². The Hall–Kier alpha value is -1.62. The first kappa shape index (κ1) is 10.9. The highest BCUT2D eigenvalue weighted by Crippen LogP contribution is 2.26. The number of Topliss-reactive ketones (excluding diaryl/α,β-unsaturated/α-hetero) is 1. The summed E-state index contributed by atoms with van der Waals surface area (Å²) >= 11 is 3.46. The third kappa shape index (κ3) is 1.63. The molecule has 0 amide bonds. The van der Waals surface area contributed by atoms with Gasteiger partial charge in [0.25, 0.3) is 0 Å². The molecule has 0 radical (unpaired) electrons. The van der Waals surface area contributed by atoms with Crippen molar-refractivity contribution in [2.45, 2.75) is 0 Å². The summed E-state index contributed by atoms with van der Waals surface area (Å²) in [5.74, 6) is 4.77. The van der Waals surface area contributed by atoms with E-state index in [-0.39, 0.29) is 5.78 Å². The Labute approximate surface area is 101 Å². The number of rotatable bonds is 2. The van der Waals surface area contributed by atoms with Gasteiger partial charge in [-0.2, -0.15) is 5.10 Å². The van der Waals surface area contributed by atoms with Crippen LogP contribution in [0.15, 0.2) is 33.8 Å². The fourth-order valence-electron chi connectivity index (χ4n) is 1.74. The zero-order valence-corrected chi connectivity index (χ0v) is 10.2. The Morgan fingerprint density at radius 3 is 2.94 bits per heavy atom. The van der Waals surface area contributed by atoms with Gasteiger partial charge in [0.15, 0.2) is 0 Å². The molecule has 1 heterocycles. The molecule has 5 heteroatoms. The molecule has 2 aromatic rings. The maximum atomic E-state index is 11.7. The van der Waals surface area contributed by atoms with Crippen molar-refractivity contribution >= 4 is 38.8 Å². The van der Waals surface area contributed by atoms with Crippen molar-refractivity contribution in [2.24, 2.45) is 18.0 Å². The molecule has 16 heavy (non-hydrogen) atoms. The van der Waals surface area contributed by atoms with Gasteiger partial charge in [-0.1, -0.05) is 12.1 Å². The van der Waals surface area contributed by atoms with Crippen molar-refractivity contribution in [3.8, 4) is 0 Å². The Balaban J connectivity index is 2.70. The van der Waals surface area contributed by atoms with Gasteiger partial charge in [0.05, 0.1) is 17.4 Å². The van der Waals surface area contributed by atoms with E-state index in [0.717, 1.165) is 21.6 Å². The summed E-state index contributed by atoms with van der Waals surface area (Å²) in [5, 5.41) is 4.25. The molecule has 0 atom stereocenters. The smallest absolute Gasteiger partial charge is 0.222 e. The molecule has 82 valence electrons. The summed E-state index contributed by atoms with van der Waals surface area (Å²) in [4.78, 5) is 11.7. The minimum absolute atomic E-state index is 0.201. The summed E-state index contributed by atoms with van der Waals surface area (Å²) < 4.78 is 2.78. The van der Waals surface area contributed by atoms with Gasteiger partial charge in [0.1, 0.15) is 0 Å². The molecule has 0 aliphatic rings. The SMILES string of the molecule is Cn1c(C(=O)/C=N\N)cc2cccc(Br)c21. The van der Waals surface area contributed by atoms with Crippen molar-refractivity contribution in [2.75, 3.05) is 0 Å². The molecule has 0 saturated heterocycles. The normalized spacial score (nSPS) is 11.4. The van der Waals surface area contributed by atoms with E-state index < -0.39 is 0 Å². The number of nitrogens with zero attached hydrogens (tertiary/aromatic N) is 2. The number of benzene rings is 1. The molecular weight excluding hydrogens is 270 g/mol. The van der Waals surface area contributed by atoms with Crippen molar-refractivity contribution in [1.82, 2.24) is 4.57 Å². The third-order valence-corrected chi connectivity index (χ3v) is 3.09. The Kier molecular flexibility index (Phi) is 2.78. The maximum absolute atomic E-state index is 11.7. The zero-order valence-electron chi connectivity index (χ0n) is 8.64. The Bertz CT molecular complexity index is 586. The van der Waals surface area contributed by atoms with E-state index in [4.69, 9.17) is 5.84 Å². The standard InChI is InChI=1S/C11H10BrN3O/c1-15-9(10(16)6-14-13)5-7-3-2-4-8(12)11(7)15/h2-6H,13H2,1H3/b14-6-. The predicted molar refractivity (Wildman–Crippen MR) is 67.6 cm³/mol. The molecular formula is C11H10BrN3O. The van der Waals surface area contributed by atoms with Gasteiger partial charge in [-0.15, -0.1) is 0 Å². The number of aromatic nitrogens is 1. The van der Waals surface area contributed by atoms with Crippen LogP contribution in [0.25, 0.3) is 10.9 Å². The van der Waals surface area contributed by atoms with Crippen LogP contribution >= 0.6 is 15.9 Å². The molecule has 2 rings (SSSR count). The van der Waals surface area contributed by atoms with Crippen LogP contribution in [0.5, 0.6) is 0 Å². The number of nitrogens with two attached hydrogens (primary N) is 1. The number of carbonyl (C=O) groups is 1. The number of hydrogen-bond acceptors (Lipinski definition) is 3. The molecule has 1 aromatic heterocycles. The molecule has 1 aromatic carbocycles. The zero-order chi connectivity index (χ0) is 11.7. The van der Waals surface area contributed by atoms with Crippen LogP contribution in [0.3, 0.4) is 0 Å². The fraction of sp³-hybridized carbons (Fsp3) is 0.0909. The van der Waals surface area contributed by atoms with E-state index in [9.17, 15) is 4.79 Å². The van der Waals surface area contributed by atoms with Crippen molar-refractivity contribution in [1.29, 1.82) is 0 Å². The van der Waals surface area contributed by atoms with Gasteiger partial charge in [0.2, 0.25) is 5.78 Å². The number of hydrazone groups is 1. The molecule has 0 spiro atoms. The Morgan fingerprint density at radius 2 is 2.31 bits per heavy atom. The van der Waals surface area contributed by atoms with Crippen LogP contribution < -0.4 is 5.84 Å². The molecule has 2 N–H and O–H groups in total. The highest BCUT2D eigenvalue weighted by Gasteiger charge is 2.12. The summed E-state index contributed by atoms with van der Waals surface area (Å²) in [6, 6.07) is 7.64. The summed E-state index contributed by atoms with van der Waals surface area (Å²) in [6.45, 7) is 0. The number of hydrogen-bond donors (Lipinski definition) is 1. The van der Waals surface area contributed by atoms with Crippen molar-refractivity contribution in [3.05, 3.63) is 34.4 Å². The van der Waals surface area contributed by atoms with Gasteiger partial charge in [0, 0.05) is 16.9 Å². The second kappa shape index (κ2) is 4.09. The lowest BCUT2D eigenvalue weighted by molar-refractivity contribution is 0.106. The molecule has 0 unspecified atom stereocenters. The summed E-state index contributed by atoms with van der Waals surface area (Å²) in [6.07, 6.45) is 1.11. The molecule has 0 aliphatic carbocycles. The Morgan fingerprint density at radius 1 is 1.56 bits per heavy atom. The molecule has 0 aliphatic heterocycles. The number of aryl methyl sites for hydroxylation is 1. The highest BCUT2D eigenvalue weighted by atomic mass is 79.9. The van der Waals surface area contributed by atoms with E-state index in [1.54, 1.807) is 0 Å². The average Bonchev–Trinajstić information content (AvgIpc) is 2.58. The quantitative estimate of drug-likeness (QED) is 0.396. The maximum Gasteiger partial charge on any atom is 0.222 e. The van der Waals surface area contributed by atoms with Crippen LogP contribution in [0.1, 0.15) is 10.5 Å². The summed E-state index contributed by atoms with van der Waals surface area (Å²) in [5.41, 5.74) is 1.55. The van der Waals surface area contributed by atoms with Gasteiger partial charge in [-0.05, 0) is 28.1 Å². The second-order valence-corrected chi connectivity index (χ2v) is 4.26. The highest BCUT2D eigenvalue weighted by molar-refractivity contribution is 9.10. The van der Waals surface area contributed by atoms with Gasteiger partial charge in [-0.25, -0.2) is 0 Å². The van der Waals surface area contributed by atoms with E-state index in [1.807, 2.05) is 35.9 Å². The second-order valence-electron chi connectivity index (χ2n) is 3.41. The first-order chi connectivity index (χ1) is 7.65. The average molecular weight is 280 g/mol. The van der Waals surface area contributed by atoms with Gasteiger partial charge < -0.3 is 10.4 Å². The van der Waals surface area contributed by atoms with Gasteiger partial charge in [-0.3, -0.25) is 4.79 Å². The first-order valence-corrected chi connectivity index (χ1v) is 5.46.